The standard InChI is InChI=1S/C28H27ClN2O5S/c1-6-36-26(35)24-15(2)30-27(37-24)31-21(16-7-11-18(12-8-16)28(3,4)5)20(23(33)25(31)34)22(32)17-9-13-19(29)14-10-17/h7-14,21,32H,6H2,1-5H3/b22-20-. The van der Waals surface area contributed by atoms with Crippen LogP contribution in [0.15, 0.2) is 54.1 Å². The highest BCUT2D eigenvalue weighted by Gasteiger charge is 2.48. The predicted molar refractivity (Wildman–Crippen MR) is 144 cm³/mol. The number of nitrogens with zero attached hydrogens (tertiary/aromatic N) is 2. The van der Waals surface area contributed by atoms with E-state index in [1.165, 1.54) is 4.90 Å². The number of Topliss-reactive ketones (excluding diaryl/α,β-unsaturated/α-hetero) is 1. The molecule has 192 valence electrons. The third-order valence-electron chi connectivity index (χ3n) is 6.11. The molecule has 7 nitrogen and oxygen atoms in total. The first-order valence-electron chi connectivity index (χ1n) is 11.8. The summed E-state index contributed by atoms with van der Waals surface area (Å²) in [4.78, 5) is 45.1. The van der Waals surface area contributed by atoms with Crippen LogP contribution >= 0.6 is 22.9 Å². The summed E-state index contributed by atoms with van der Waals surface area (Å²) in [7, 11) is 0. The number of hydrogen-bond donors (Lipinski definition) is 1. The number of aliphatic hydroxyl groups excluding tert-OH is 1. The molecule has 9 heteroatoms. The quantitative estimate of drug-likeness (QED) is 0.180. The van der Waals surface area contributed by atoms with E-state index in [9.17, 15) is 19.5 Å². The van der Waals surface area contributed by atoms with Crippen LogP contribution < -0.4 is 4.90 Å². The van der Waals surface area contributed by atoms with Crippen LogP contribution in [0.4, 0.5) is 5.13 Å². The second-order valence-electron chi connectivity index (χ2n) is 9.68. The number of ether oxygens (including phenoxy) is 1. The van der Waals surface area contributed by atoms with Crippen LogP contribution in [0.25, 0.3) is 5.76 Å². The van der Waals surface area contributed by atoms with Gasteiger partial charge in [0.2, 0.25) is 0 Å². The van der Waals surface area contributed by atoms with Crippen molar-refractivity contribution in [3.63, 3.8) is 0 Å². The second kappa shape index (κ2) is 10.1. The maximum absolute atomic E-state index is 13.4. The first-order chi connectivity index (χ1) is 17.4. The highest BCUT2D eigenvalue weighted by Crippen LogP contribution is 2.44. The topological polar surface area (TPSA) is 96.8 Å². The van der Waals surface area contributed by atoms with Gasteiger partial charge < -0.3 is 9.84 Å². The number of benzene rings is 2. The van der Waals surface area contributed by atoms with Crippen LogP contribution in [0.1, 0.15) is 65.8 Å². The van der Waals surface area contributed by atoms with Crippen molar-refractivity contribution in [3.8, 4) is 0 Å². The molecule has 0 spiro atoms. The number of rotatable bonds is 5. The van der Waals surface area contributed by atoms with Crippen molar-refractivity contribution in [2.45, 2.75) is 46.1 Å². The summed E-state index contributed by atoms with van der Waals surface area (Å²) >= 11 is 6.97. The molecule has 0 aliphatic carbocycles. The fraction of sp³-hybridized carbons (Fsp3) is 0.286. The molecular weight excluding hydrogens is 512 g/mol. The molecule has 3 aromatic rings. The first-order valence-corrected chi connectivity index (χ1v) is 13.0. The van der Waals surface area contributed by atoms with E-state index < -0.39 is 23.7 Å². The number of ketones is 1. The molecule has 2 heterocycles. The van der Waals surface area contributed by atoms with E-state index in [0.29, 0.717) is 21.8 Å². The Morgan fingerprint density at radius 3 is 2.30 bits per heavy atom. The van der Waals surface area contributed by atoms with Crippen LogP contribution in [0, 0.1) is 6.92 Å². The molecule has 1 aromatic heterocycles. The van der Waals surface area contributed by atoms with Gasteiger partial charge in [0.15, 0.2) is 5.13 Å². The van der Waals surface area contributed by atoms with Crippen LogP contribution in [0.5, 0.6) is 0 Å². The third-order valence-corrected chi connectivity index (χ3v) is 7.50. The maximum atomic E-state index is 13.4. The molecule has 4 rings (SSSR count). The summed E-state index contributed by atoms with van der Waals surface area (Å²) in [6, 6.07) is 13.0. The lowest BCUT2D eigenvalue weighted by Crippen LogP contribution is -2.29. The number of thiazole rings is 1. The zero-order valence-electron chi connectivity index (χ0n) is 21.2. The number of aryl methyl sites for hydroxylation is 1. The fourth-order valence-electron chi connectivity index (χ4n) is 4.15. The van der Waals surface area contributed by atoms with Gasteiger partial charge in [-0.15, -0.1) is 0 Å². The smallest absolute Gasteiger partial charge is 0.350 e. The fourth-order valence-corrected chi connectivity index (χ4v) is 5.26. The molecule has 1 saturated heterocycles. The average molecular weight is 539 g/mol. The van der Waals surface area contributed by atoms with E-state index in [0.717, 1.165) is 16.9 Å². The van der Waals surface area contributed by atoms with Crippen LogP contribution in [-0.4, -0.2) is 34.4 Å². The maximum Gasteiger partial charge on any atom is 0.350 e. The van der Waals surface area contributed by atoms with Gasteiger partial charge in [0.25, 0.3) is 5.78 Å². The molecule has 37 heavy (non-hydrogen) atoms. The van der Waals surface area contributed by atoms with Crippen molar-refractivity contribution >= 4 is 51.5 Å². The lowest BCUT2D eigenvalue weighted by Gasteiger charge is -2.24. The van der Waals surface area contributed by atoms with E-state index >= 15 is 0 Å². The van der Waals surface area contributed by atoms with E-state index in [2.05, 4.69) is 25.8 Å². The Bertz CT molecular complexity index is 1400. The largest absolute Gasteiger partial charge is 0.507 e. The second-order valence-corrected chi connectivity index (χ2v) is 11.1. The monoisotopic (exact) mass is 538 g/mol. The summed E-state index contributed by atoms with van der Waals surface area (Å²) in [5.74, 6) is -2.55. The molecule has 1 amide bonds. The zero-order valence-corrected chi connectivity index (χ0v) is 22.7. The van der Waals surface area contributed by atoms with Gasteiger partial charge >= 0.3 is 11.9 Å². The number of carbonyl (C=O) groups is 3. The average Bonchev–Trinajstić information content (AvgIpc) is 3.35. The van der Waals surface area contributed by atoms with E-state index in [1.54, 1.807) is 38.1 Å². The Morgan fingerprint density at radius 1 is 1.11 bits per heavy atom. The van der Waals surface area contributed by atoms with Crippen molar-refractivity contribution < 1.29 is 24.2 Å². The molecule has 1 aliphatic heterocycles. The summed E-state index contributed by atoms with van der Waals surface area (Å²) < 4.78 is 5.12. The van der Waals surface area contributed by atoms with E-state index in [4.69, 9.17) is 16.3 Å². The molecule has 0 saturated carbocycles. The summed E-state index contributed by atoms with van der Waals surface area (Å²) in [6.07, 6.45) is 0. The van der Waals surface area contributed by atoms with Crippen molar-refractivity contribution in [1.82, 2.24) is 4.98 Å². The Labute approximate surface area is 224 Å². The van der Waals surface area contributed by atoms with E-state index in [1.807, 2.05) is 24.3 Å². The minimum Gasteiger partial charge on any atom is -0.507 e. The number of carbonyl (C=O) groups excluding carboxylic acids is 3. The number of amides is 1. The molecule has 0 bridgehead atoms. The van der Waals surface area contributed by atoms with Crippen LogP contribution in [0.2, 0.25) is 5.02 Å². The zero-order chi connectivity index (χ0) is 27.1. The predicted octanol–water partition coefficient (Wildman–Crippen LogP) is 6.21. The van der Waals surface area contributed by atoms with Gasteiger partial charge in [-0.05, 0) is 54.7 Å². The van der Waals surface area contributed by atoms with Gasteiger partial charge in [-0.1, -0.05) is 68.0 Å². The van der Waals surface area contributed by atoms with Gasteiger partial charge in [0.05, 0.1) is 23.9 Å². The Morgan fingerprint density at radius 2 is 1.73 bits per heavy atom. The van der Waals surface area contributed by atoms with Crippen LogP contribution in [-0.2, 0) is 19.7 Å². The number of hydrogen-bond acceptors (Lipinski definition) is 7. The Hall–Kier alpha value is -3.49. The number of anilines is 1. The first kappa shape index (κ1) is 26.6. The minimum atomic E-state index is -0.953. The highest BCUT2D eigenvalue weighted by atomic mass is 35.5. The normalized spacial score (nSPS) is 17.4. The third kappa shape index (κ3) is 5.04. The Balaban J connectivity index is 1.91. The van der Waals surface area contributed by atoms with Gasteiger partial charge in [0.1, 0.15) is 10.6 Å². The van der Waals surface area contributed by atoms with Crippen molar-refractivity contribution in [3.05, 3.63) is 86.4 Å². The lowest BCUT2D eigenvalue weighted by atomic mass is 9.85. The molecule has 0 radical (unpaired) electrons. The summed E-state index contributed by atoms with van der Waals surface area (Å²) in [6.45, 7) is 9.80. The van der Waals surface area contributed by atoms with Gasteiger partial charge in [0, 0.05) is 10.6 Å². The highest BCUT2D eigenvalue weighted by molar-refractivity contribution is 7.17. The number of halogens is 1. The molecular formula is C28H27ClN2O5S. The summed E-state index contributed by atoms with van der Waals surface area (Å²) in [5, 5.41) is 11.9. The van der Waals surface area contributed by atoms with Gasteiger partial charge in [-0.3, -0.25) is 14.5 Å². The summed E-state index contributed by atoms with van der Waals surface area (Å²) in [5.41, 5.74) is 2.25. The van der Waals surface area contributed by atoms with Crippen molar-refractivity contribution in [1.29, 1.82) is 0 Å². The SMILES string of the molecule is CCOC(=O)c1sc(N2C(=O)C(=O)/C(=C(\O)c3ccc(Cl)cc3)C2c2ccc(C(C)(C)C)cc2)nc1C. The molecule has 1 atom stereocenters. The van der Waals surface area contributed by atoms with Gasteiger partial charge in [-0.2, -0.15) is 0 Å². The van der Waals surface area contributed by atoms with Crippen LogP contribution in [0.3, 0.4) is 0 Å². The van der Waals surface area contributed by atoms with E-state index in [-0.39, 0.29) is 33.4 Å². The lowest BCUT2D eigenvalue weighted by molar-refractivity contribution is -0.132. The number of esters is 1. The van der Waals surface area contributed by atoms with Crippen molar-refractivity contribution in [2.75, 3.05) is 11.5 Å². The van der Waals surface area contributed by atoms with Gasteiger partial charge in [-0.25, -0.2) is 9.78 Å². The molecule has 1 unspecified atom stereocenters. The number of aliphatic hydroxyl groups is 1. The Kier molecular flexibility index (Phi) is 7.26. The number of aromatic nitrogens is 1. The molecule has 2 aromatic carbocycles. The molecule has 1 fully saturated rings. The minimum absolute atomic E-state index is 0.0682. The van der Waals surface area contributed by atoms with Crippen molar-refractivity contribution in [2.24, 2.45) is 0 Å². The molecule has 1 aliphatic rings. The molecule has 1 N–H and O–H groups in total.